The van der Waals surface area contributed by atoms with Gasteiger partial charge < -0.3 is 37.9 Å². The highest BCUT2D eigenvalue weighted by Crippen LogP contribution is 2.50. The standard InChI is InChI=1S/C38H40F5O8P/c1-44-21-51-36-24(30-31(39)33(41)35(43)34(42)32(30)40)18-22(20-49-17-15-23-10-6-7-16-50-23)19-29(36)52(37-25(45-2)11-8-12-26(37)46-3)38-27(47-4)13-9-14-28(38)48-5/h8-9,11-14,18-19,23H,6-7,10,15-17,20-21H2,1-5H3. The molecule has 4 aromatic carbocycles. The molecule has 0 bridgehead atoms. The van der Waals surface area contributed by atoms with Crippen LogP contribution in [-0.4, -0.2) is 61.7 Å². The highest BCUT2D eigenvalue weighted by atomic mass is 31.1. The smallest absolute Gasteiger partial charge is 0.200 e. The average Bonchev–Trinajstić information content (AvgIpc) is 3.18. The summed E-state index contributed by atoms with van der Waals surface area (Å²) in [4.78, 5) is 0. The van der Waals surface area contributed by atoms with Gasteiger partial charge in [-0.25, -0.2) is 22.0 Å². The van der Waals surface area contributed by atoms with Crippen LogP contribution in [0, 0.1) is 29.1 Å². The van der Waals surface area contributed by atoms with Crippen molar-refractivity contribution < 1.29 is 59.8 Å². The molecular formula is C38H40F5O8P. The SMILES string of the molecule is COCOc1c(-c2c(F)c(F)c(F)c(F)c2F)cc(COCCC2CCCCO2)cc1P(c1c(OC)cccc1OC)c1c(OC)cccc1OC. The Bertz CT molecular complexity index is 1720. The molecule has 5 rings (SSSR count). The van der Waals surface area contributed by atoms with Crippen LogP contribution in [-0.2, 0) is 20.8 Å². The molecule has 0 aromatic heterocycles. The van der Waals surface area contributed by atoms with Crippen LogP contribution in [0.15, 0.2) is 48.5 Å². The third-order valence-corrected chi connectivity index (χ3v) is 11.1. The summed E-state index contributed by atoms with van der Waals surface area (Å²) in [6.07, 6.45) is 3.58. The third-order valence-electron chi connectivity index (χ3n) is 8.55. The first kappa shape index (κ1) is 39.1. The lowest BCUT2D eigenvalue weighted by atomic mass is 10.00. The van der Waals surface area contributed by atoms with Crippen molar-refractivity contribution in [1.82, 2.24) is 0 Å². The zero-order valence-electron chi connectivity index (χ0n) is 29.5. The van der Waals surface area contributed by atoms with Crippen LogP contribution >= 0.6 is 7.92 Å². The van der Waals surface area contributed by atoms with Gasteiger partial charge in [0.05, 0.1) is 57.3 Å². The third kappa shape index (κ3) is 8.07. The Morgan fingerprint density at radius 2 is 1.25 bits per heavy atom. The van der Waals surface area contributed by atoms with Crippen molar-refractivity contribution in [3.8, 4) is 39.9 Å². The van der Waals surface area contributed by atoms with Gasteiger partial charge in [-0.1, -0.05) is 12.1 Å². The lowest BCUT2D eigenvalue weighted by Crippen LogP contribution is -2.28. The van der Waals surface area contributed by atoms with E-state index in [2.05, 4.69) is 0 Å². The molecular weight excluding hydrogens is 710 g/mol. The second-order valence-corrected chi connectivity index (χ2v) is 13.7. The van der Waals surface area contributed by atoms with Crippen LogP contribution in [0.2, 0.25) is 0 Å². The first-order valence-electron chi connectivity index (χ1n) is 16.4. The molecule has 1 atom stereocenters. The molecule has 1 aliphatic rings. The van der Waals surface area contributed by atoms with Gasteiger partial charge in [0.2, 0.25) is 5.82 Å². The number of rotatable bonds is 16. The molecule has 0 N–H and O–H groups in total. The summed E-state index contributed by atoms with van der Waals surface area (Å²) in [5, 5.41) is 1.21. The van der Waals surface area contributed by atoms with Crippen molar-refractivity contribution in [1.29, 1.82) is 0 Å². The Hall–Kier alpha value is -4.16. The van der Waals surface area contributed by atoms with Crippen LogP contribution in [0.1, 0.15) is 31.2 Å². The fourth-order valence-corrected chi connectivity index (χ4v) is 9.05. The molecule has 14 heteroatoms. The van der Waals surface area contributed by atoms with Crippen LogP contribution in [0.4, 0.5) is 22.0 Å². The van der Waals surface area contributed by atoms with E-state index in [4.69, 9.17) is 37.9 Å². The summed E-state index contributed by atoms with van der Waals surface area (Å²) in [5.41, 5.74) is -1.26. The summed E-state index contributed by atoms with van der Waals surface area (Å²) in [6.45, 7) is 0.406. The van der Waals surface area contributed by atoms with Gasteiger partial charge in [-0.3, -0.25) is 0 Å². The number of hydrogen-bond acceptors (Lipinski definition) is 8. The molecule has 0 saturated carbocycles. The van der Waals surface area contributed by atoms with E-state index in [1.54, 1.807) is 42.5 Å². The molecule has 1 aliphatic heterocycles. The lowest BCUT2D eigenvalue weighted by Gasteiger charge is -2.29. The van der Waals surface area contributed by atoms with Gasteiger partial charge in [-0.15, -0.1) is 0 Å². The molecule has 52 heavy (non-hydrogen) atoms. The molecule has 280 valence electrons. The lowest BCUT2D eigenvalue weighted by molar-refractivity contribution is -0.00964. The van der Waals surface area contributed by atoms with Gasteiger partial charge in [0.1, 0.15) is 28.7 Å². The maximum absolute atomic E-state index is 15.8. The maximum atomic E-state index is 15.8. The van der Waals surface area contributed by atoms with Crippen LogP contribution in [0.25, 0.3) is 11.1 Å². The molecule has 1 heterocycles. The van der Waals surface area contributed by atoms with Gasteiger partial charge in [0, 0.05) is 39.1 Å². The monoisotopic (exact) mass is 750 g/mol. The average molecular weight is 751 g/mol. The molecule has 0 amide bonds. The predicted molar refractivity (Wildman–Crippen MR) is 187 cm³/mol. The van der Waals surface area contributed by atoms with Crippen LogP contribution in [0.5, 0.6) is 28.7 Å². The number of hydrogen-bond donors (Lipinski definition) is 0. The van der Waals surface area contributed by atoms with Crippen molar-refractivity contribution in [3.05, 3.63) is 83.2 Å². The van der Waals surface area contributed by atoms with E-state index in [-0.39, 0.29) is 30.4 Å². The van der Waals surface area contributed by atoms with Gasteiger partial charge in [-0.05, 0) is 67.6 Å². The van der Waals surface area contributed by atoms with Gasteiger partial charge in [0.25, 0.3) is 0 Å². The molecule has 1 unspecified atom stereocenters. The maximum Gasteiger partial charge on any atom is 0.200 e. The highest BCUT2D eigenvalue weighted by molar-refractivity contribution is 7.80. The summed E-state index contributed by atoms with van der Waals surface area (Å²) in [5.74, 6) is -9.35. The van der Waals surface area contributed by atoms with E-state index in [0.717, 1.165) is 19.3 Å². The second kappa shape index (κ2) is 18.1. The van der Waals surface area contributed by atoms with Crippen LogP contribution in [0.3, 0.4) is 0 Å². The van der Waals surface area contributed by atoms with Crippen molar-refractivity contribution in [2.24, 2.45) is 0 Å². The van der Waals surface area contributed by atoms with Crippen molar-refractivity contribution >= 4 is 23.8 Å². The van der Waals surface area contributed by atoms with Gasteiger partial charge in [-0.2, -0.15) is 0 Å². The number of halogens is 5. The van der Waals surface area contributed by atoms with E-state index >= 15 is 8.78 Å². The normalized spacial score (nSPS) is 14.4. The Morgan fingerprint density at radius 1 is 0.712 bits per heavy atom. The minimum Gasteiger partial charge on any atom is -0.496 e. The van der Waals surface area contributed by atoms with E-state index in [9.17, 15) is 13.2 Å². The van der Waals surface area contributed by atoms with Crippen molar-refractivity contribution in [3.63, 3.8) is 0 Å². The first-order chi connectivity index (χ1) is 25.2. The molecule has 0 radical (unpaired) electrons. The highest BCUT2D eigenvalue weighted by Gasteiger charge is 2.36. The fourth-order valence-electron chi connectivity index (χ4n) is 6.11. The molecule has 4 aromatic rings. The minimum atomic E-state index is -2.29. The zero-order chi connectivity index (χ0) is 37.4. The Morgan fingerprint density at radius 3 is 1.73 bits per heavy atom. The molecule has 0 spiro atoms. The van der Waals surface area contributed by atoms with E-state index in [1.165, 1.54) is 41.6 Å². The van der Waals surface area contributed by atoms with E-state index in [0.29, 0.717) is 52.2 Å². The molecule has 0 aliphatic carbocycles. The summed E-state index contributed by atoms with van der Waals surface area (Å²) in [6, 6.07) is 13.2. The summed E-state index contributed by atoms with van der Waals surface area (Å²) < 4.78 is 122. The predicted octanol–water partition coefficient (Wildman–Crippen LogP) is 7.30. The van der Waals surface area contributed by atoms with Gasteiger partial charge in [0.15, 0.2) is 30.1 Å². The van der Waals surface area contributed by atoms with Gasteiger partial charge >= 0.3 is 0 Å². The molecule has 1 saturated heterocycles. The van der Waals surface area contributed by atoms with E-state index < -0.39 is 54.9 Å². The zero-order valence-corrected chi connectivity index (χ0v) is 30.4. The molecule has 8 nitrogen and oxygen atoms in total. The number of benzene rings is 4. The van der Waals surface area contributed by atoms with Crippen LogP contribution < -0.4 is 39.6 Å². The van der Waals surface area contributed by atoms with Crippen molar-refractivity contribution in [2.45, 2.75) is 38.4 Å². The Balaban J connectivity index is 1.86. The first-order valence-corrected chi connectivity index (χ1v) is 17.8. The van der Waals surface area contributed by atoms with Crippen molar-refractivity contribution in [2.75, 3.05) is 55.6 Å². The second-order valence-electron chi connectivity index (χ2n) is 11.7. The largest absolute Gasteiger partial charge is 0.496 e. The number of methoxy groups -OCH3 is 5. The topological polar surface area (TPSA) is 73.8 Å². The quantitative estimate of drug-likeness (QED) is 0.0295. The minimum absolute atomic E-state index is 0.0295. The summed E-state index contributed by atoms with van der Waals surface area (Å²) >= 11 is 0. The van der Waals surface area contributed by atoms with E-state index in [1.807, 2.05) is 0 Å². The Labute approximate surface area is 300 Å². The molecule has 1 fully saturated rings. The summed E-state index contributed by atoms with van der Waals surface area (Å²) in [7, 11) is 5.15. The Kier molecular flexibility index (Phi) is 13.6. The fraction of sp³-hybridized carbons (Fsp3) is 0.368. The number of ether oxygens (including phenoxy) is 8.